The maximum absolute atomic E-state index is 12.6. The second kappa shape index (κ2) is 7.87. The Morgan fingerprint density at radius 2 is 1.82 bits per heavy atom. The lowest BCUT2D eigenvalue weighted by Crippen LogP contribution is -2.28. The van der Waals surface area contributed by atoms with E-state index in [-0.39, 0.29) is 17.2 Å². The molecule has 1 saturated heterocycles. The Morgan fingerprint density at radius 1 is 1.14 bits per heavy atom. The van der Waals surface area contributed by atoms with Crippen LogP contribution in [0.1, 0.15) is 31.7 Å². The molecule has 2 aromatic carbocycles. The summed E-state index contributed by atoms with van der Waals surface area (Å²) < 4.78 is 0. The quantitative estimate of drug-likeness (QED) is 0.824. The normalized spacial score (nSPS) is 17.0. The van der Waals surface area contributed by atoms with E-state index in [0.29, 0.717) is 5.75 Å². The number of anilines is 3. The van der Waals surface area contributed by atoms with Gasteiger partial charge in [-0.05, 0) is 42.0 Å². The van der Waals surface area contributed by atoms with Crippen molar-refractivity contribution >= 4 is 40.6 Å². The van der Waals surface area contributed by atoms with Gasteiger partial charge in [0, 0.05) is 36.6 Å². The molecule has 1 unspecified atom stereocenters. The molecule has 0 radical (unpaired) electrons. The van der Waals surface area contributed by atoms with Gasteiger partial charge in [-0.15, -0.1) is 11.8 Å². The molecule has 1 heterocycles. The lowest BCUT2D eigenvalue weighted by atomic mass is 9.95. The van der Waals surface area contributed by atoms with Crippen LogP contribution in [-0.4, -0.2) is 31.7 Å². The molecule has 28 heavy (non-hydrogen) atoms. The zero-order valence-corrected chi connectivity index (χ0v) is 17.8. The topological polar surface area (TPSA) is 52.6 Å². The molecule has 2 aromatic rings. The van der Waals surface area contributed by atoms with Crippen LogP contribution in [-0.2, 0) is 9.59 Å². The number of benzene rings is 2. The van der Waals surface area contributed by atoms with Crippen molar-refractivity contribution in [3.8, 4) is 0 Å². The Morgan fingerprint density at radius 3 is 2.43 bits per heavy atom. The van der Waals surface area contributed by atoms with Gasteiger partial charge in [0.05, 0.1) is 5.75 Å². The summed E-state index contributed by atoms with van der Waals surface area (Å²) in [5, 5.41) is 2.87. The van der Waals surface area contributed by atoms with Crippen LogP contribution in [0.5, 0.6) is 0 Å². The summed E-state index contributed by atoms with van der Waals surface area (Å²) in [6.45, 7) is 5.66. The van der Waals surface area contributed by atoms with E-state index in [1.165, 1.54) is 0 Å². The van der Waals surface area contributed by atoms with E-state index >= 15 is 0 Å². The number of thioether (sulfide) groups is 1. The predicted molar refractivity (Wildman–Crippen MR) is 118 cm³/mol. The Hall–Kier alpha value is -2.47. The fourth-order valence-corrected chi connectivity index (χ4v) is 4.12. The van der Waals surface area contributed by atoms with Crippen molar-refractivity contribution in [1.29, 1.82) is 0 Å². The fourth-order valence-electron chi connectivity index (χ4n) is 2.95. The van der Waals surface area contributed by atoms with Gasteiger partial charge in [-0.2, -0.15) is 0 Å². The maximum Gasteiger partial charge on any atom is 0.238 e. The average Bonchev–Trinajstić information content (AvgIpc) is 3.02. The number of amides is 2. The Kier molecular flexibility index (Phi) is 5.70. The second-order valence-electron chi connectivity index (χ2n) is 8.17. The zero-order chi connectivity index (χ0) is 20.5. The summed E-state index contributed by atoms with van der Waals surface area (Å²) in [6.07, 6.45) is 0. The molecule has 6 heteroatoms. The zero-order valence-electron chi connectivity index (χ0n) is 17.0. The largest absolute Gasteiger partial charge is 0.378 e. The molecule has 0 aromatic heterocycles. The molecule has 5 nitrogen and oxygen atoms in total. The van der Waals surface area contributed by atoms with Crippen molar-refractivity contribution in [3.05, 3.63) is 54.1 Å². The number of rotatable bonds is 4. The van der Waals surface area contributed by atoms with Crippen LogP contribution in [0.25, 0.3) is 0 Å². The number of hydrogen-bond acceptors (Lipinski definition) is 4. The van der Waals surface area contributed by atoms with Crippen molar-refractivity contribution < 1.29 is 9.59 Å². The minimum Gasteiger partial charge on any atom is -0.378 e. The third-order valence-corrected chi connectivity index (χ3v) is 5.84. The first kappa shape index (κ1) is 20.3. The number of hydrogen-bond donors (Lipinski definition) is 1. The first-order chi connectivity index (χ1) is 13.2. The van der Waals surface area contributed by atoms with Crippen molar-refractivity contribution in [2.75, 3.05) is 35.0 Å². The molecule has 0 bridgehead atoms. The van der Waals surface area contributed by atoms with Gasteiger partial charge >= 0.3 is 0 Å². The van der Waals surface area contributed by atoms with Crippen molar-refractivity contribution in [1.82, 2.24) is 0 Å². The molecule has 0 aliphatic carbocycles. The molecule has 3 rings (SSSR count). The van der Waals surface area contributed by atoms with Gasteiger partial charge in [-0.25, -0.2) is 0 Å². The van der Waals surface area contributed by atoms with Gasteiger partial charge in [0.15, 0.2) is 0 Å². The van der Waals surface area contributed by atoms with Crippen molar-refractivity contribution in [2.24, 2.45) is 5.41 Å². The molecule has 1 atom stereocenters. The highest BCUT2D eigenvalue weighted by Gasteiger charge is 2.34. The van der Waals surface area contributed by atoms with Crippen LogP contribution < -0.4 is 15.1 Å². The number of nitrogens with zero attached hydrogens (tertiary/aromatic N) is 2. The highest BCUT2D eigenvalue weighted by Crippen LogP contribution is 2.42. The summed E-state index contributed by atoms with van der Waals surface area (Å²) in [7, 11) is 3.98. The van der Waals surface area contributed by atoms with E-state index in [1.807, 2.05) is 93.2 Å². The summed E-state index contributed by atoms with van der Waals surface area (Å²) in [5.41, 5.74) is 3.26. The van der Waals surface area contributed by atoms with Crippen LogP contribution in [0, 0.1) is 5.41 Å². The Labute approximate surface area is 171 Å². The van der Waals surface area contributed by atoms with E-state index in [0.717, 1.165) is 22.6 Å². The van der Waals surface area contributed by atoms with Crippen molar-refractivity contribution in [2.45, 2.75) is 26.1 Å². The third kappa shape index (κ3) is 4.33. The molecule has 148 valence electrons. The van der Waals surface area contributed by atoms with E-state index < -0.39 is 5.41 Å². The summed E-state index contributed by atoms with van der Waals surface area (Å²) in [4.78, 5) is 28.8. The molecular formula is C22H27N3O2S. The summed E-state index contributed by atoms with van der Waals surface area (Å²) in [6, 6.07) is 15.8. The highest BCUT2D eigenvalue weighted by atomic mass is 32.2. The average molecular weight is 398 g/mol. The summed E-state index contributed by atoms with van der Waals surface area (Å²) in [5.74, 6) is 0.506. The molecule has 1 fully saturated rings. The number of carbonyl (C=O) groups is 2. The summed E-state index contributed by atoms with van der Waals surface area (Å²) >= 11 is 1.60. The SMILES string of the molecule is CN(C)c1ccc(N2C(=O)CSC2c2cccc(NC(=O)C(C)(C)C)c2)cc1. The number of nitrogens with one attached hydrogen (secondary N) is 1. The second-order valence-corrected chi connectivity index (χ2v) is 9.24. The molecule has 0 saturated carbocycles. The van der Waals surface area contributed by atoms with Crippen molar-refractivity contribution in [3.63, 3.8) is 0 Å². The number of carbonyl (C=O) groups excluding carboxylic acids is 2. The molecule has 0 spiro atoms. The van der Waals surface area contributed by atoms with Gasteiger partial charge in [0.2, 0.25) is 11.8 Å². The molecular weight excluding hydrogens is 370 g/mol. The van der Waals surface area contributed by atoms with Gasteiger partial charge in [0.25, 0.3) is 0 Å². The van der Waals surface area contributed by atoms with Gasteiger partial charge in [-0.1, -0.05) is 32.9 Å². The third-order valence-electron chi connectivity index (χ3n) is 4.62. The Balaban J connectivity index is 1.86. The maximum atomic E-state index is 12.6. The molecule has 1 N–H and O–H groups in total. The first-order valence-corrected chi connectivity index (χ1v) is 10.3. The molecule has 1 aliphatic rings. The fraction of sp³-hybridized carbons (Fsp3) is 0.364. The van der Waals surface area contributed by atoms with E-state index in [4.69, 9.17) is 0 Å². The van der Waals surface area contributed by atoms with E-state index in [9.17, 15) is 9.59 Å². The van der Waals surface area contributed by atoms with Crippen LogP contribution in [0.15, 0.2) is 48.5 Å². The van der Waals surface area contributed by atoms with E-state index in [1.54, 1.807) is 11.8 Å². The van der Waals surface area contributed by atoms with Crippen LogP contribution in [0.2, 0.25) is 0 Å². The van der Waals surface area contributed by atoms with Crippen LogP contribution >= 0.6 is 11.8 Å². The minimum absolute atomic E-state index is 0.0315. The standard InChI is InChI=1S/C22H27N3O2S/c1-22(2,3)21(27)23-16-8-6-7-15(13-16)20-25(19(26)14-28-20)18-11-9-17(10-12-18)24(4)5/h6-13,20H,14H2,1-5H3,(H,23,27). The smallest absolute Gasteiger partial charge is 0.238 e. The minimum atomic E-state index is -0.464. The van der Waals surface area contributed by atoms with Gasteiger partial charge in [-0.3, -0.25) is 14.5 Å². The van der Waals surface area contributed by atoms with E-state index in [2.05, 4.69) is 5.32 Å². The Bertz CT molecular complexity index is 872. The lowest BCUT2D eigenvalue weighted by molar-refractivity contribution is -0.123. The monoisotopic (exact) mass is 397 g/mol. The highest BCUT2D eigenvalue weighted by molar-refractivity contribution is 8.00. The van der Waals surface area contributed by atoms with Gasteiger partial charge < -0.3 is 10.2 Å². The van der Waals surface area contributed by atoms with Gasteiger partial charge in [0.1, 0.15) is 5.37 Å². The molecule has 1 aliphatic heterocycles. The van der Waals surface area contributed by atoms with Crippen LogP contribution in [0.4, 0.5) is 17.1 Å². The molecule has 2 amide bonds. The van der Waals surface area contributed by atoms with Crippen LogP contribution in [0.3, 0.4) is 0 Å². The lowest BCUT2D eigenvalue weighted by Gasteiger charge is -2.25. The first-order valence-electron chi connectivity index (χ1n) is 9.29. The predicted octanol–water partition coefficient (Wildman–Crippen LogP) is 4.52.